The van der Waals surface area contributed by atoms with Crippen LogP contribution in [-0.4, -0.2) is 39.2 Å². The molecule has 0 N–H and O–H groups in total. The molecule has 0 unspecified atom stereocenters. The zero-order valence-electron chi connectivity index (χ0n) is 15.5. The second-order valence-corrected chi connectivity index (χ2v) is 9.25. The summed E-state index contributed by atoms with van der Waals surface area (Å²) in [6.07, 6.45) is 9.45. The lowest BCUT2D eigenvalue weighted by Gasteiger charge is -2.20. The Morgan fingerprint density at radius 2 is 1.96 bits per heavy atom. The number of thioether (sulfide) groups is 1. The first-order valence-corrected chi connectivity index (χ1v) is 11.6. The lowest BCUT2D eigenvalue weighted by Crippen LogP contribution is -2.33. The van der Waals surface area contributed by atoms with Crippen LogP contribution in [0.3, 0.4) is 0 Å². The number of allylic oxidation sites excluding steroid dienone is 1. The van der Waals surface area contributed by atoms with Gasteiger partial charge in [0.15, 0.2) is 5.16 Å². The van der Waals surface area contributed by atoms with Crippen LogP contribution >= 0.6 is 23.1 Å². The van der Waals surface area contributed by atoms with E-state index in [-0.39, 0.29) is 11.5 Å². The van der Waals surface area contributed by atoms with Gasteiger partial charge in [-0.25, -0.2) is 4.98 Å². The summed E-state index contributed by atoms with van der Waals surface area (Å²) >= 11 is 3.03. The molecule has 144 valence electrons. The van der Waals surface area contributed by atoms with Crippen LogP contribution in [0.4, 0.5) is 0 Å². The fourth-order valence-corrected chi connectivity index (χ4v) is 6.21. The minimum atomic E-state index is 0.0176. The highest BCUT2D eigenvalue weighted by atomic mass is 32.2. The first kappa shape index (κ1) is 18.7. The number of fused-ring (bicyclic) bond motifs is 3. The van der Waals surface area contributed by atoms with Gasteiger partial charge in [-0.2, -0.15) is 0 Å². The van der Waals surface area contributed by atoms with Crippen LogP contribution < -0.4 is 5.56 Å². The number of thiophene rings is 1. The molecule has 0 saturated carbocycles. The highest BCUT2D eigenvalue weighted by molar-refractivity contribution is 7.99. The Labute approximate surface area is 167 Å². The average molecular weight is 404 g/mol. The summed E-state index contributed by atoms with van der Waals surface area (Å²) in [6.45, 7) is 5.91. The molecule has 5 nitrogen and oxygen atoms in total. The summed E-state index contributed by atoms with van der Waals surface area (Å²) < 4.78 is 1.68. The molecule has 27 heavy (non-hydrogen) atoms. The molecule has 1 fully saturated rings. The molecule has 1 aliphatic heterocycles. The minimum absolute atomic E-state index is 0.0176. The molecule has 3 heterocycles. The number of carbonyl (C=O) groups is 1. The second kappa shape index (κ2) is 8.19. The Balaban J connectivity index is 1.60. The molecule has 0 bridgehead atoms. The van der Waals surface area contributed by atoms with Gasteiger partial charge in [0.25, 0.3) is 5.56 Å². The molecule has 2 aromatic heterocycles. The Hall–Kier alpha value is -1.60. The van der Waals surface area contributed by atoms with Gasteiger partial charge in [-0.3, -0.25) is 14.2 Å². The highest BCUT2D eigenvalue weighted by Crippen LogP contribution is 2.35. The van der Waals surface area contributed by atoms with Gasteiger partial charge >= 0.3 is 0 Å². The number of nitrogens with zero attached hydrogens (tertiary/aromatic N) is 3. The van der Waals surface area contributed by atoms with Crippen molar-refractivity contribution in [1.82, 2.24) is 14.5 Å². The van der Waals surface area contributed by atoms with Crippen molar-refractivity contribution in [2.24, 2.45) is 0 Å². The fraction of sp³-hybridized carbons (Fsp3) is 0.550. The van der Waals surface area contributed by atoms with E-state index in [1.54, 1.807) is 22.0 Å². The van der Waals surface area contributed by atoms with Crippen LogP contribution in [0.15, 0.2) is 22.6 Å². The maximum Gasteiger partial charge on any atom is 0.263 e. The van der Waals surface area contributed by atoms with Gasteiger partial charge in [-0.15, -0.1) is 17.9 Å². The third kappa shape index (κ3) is 3.72. The Morgan fingerprint density at radius 3 is 2.70 bits per heavy atom. The van der Waals surface area contributed by atoms with Gasteiger partial charge in [0.1, 0.15) is 4.83 Å². The lowest BCUT2D eigenvalue weighted by molar-refractivity contribution is -0.128. The third-order valence-corrected chi connectivity index (χ3v) is 7.53. The topological polar surface area (TPSA) is 55.2 Å². The number of hydrogen-bond acceptors (Lipinski definition) is 5. The molecule has 7 heteroatoms. The molecule has 0 atom stereocenters. The summed E-state index contributed by atoms with van der Waals surface area (Å²) in [4.78, 5) is 34.6. The van der Waals surface area contributed by atoms with Crippen LogP contribution in [0, 0.1) is 0 Å². The first-order chi connectivity index (χ1) is 13.2. The molecule has 2 aliphatic rings. The maximum atomic E-state index is 13.1. The summed E-state index contributed by atoms with van der Waals surface area (Å²) in [5.74, 6) is 0.482. The zero-order valence-corrected chi connectivity index (χ0v) is 17.2. The number of carbonyl (C=O) groups excluding carboxylic acids is 1. The number of hydrogen-bond donors (Lipinski definition) is 0. The fourth-order valence-electron chi connectivity index (χ4n) is 4.00. The normalized spacial score (nSPS) is 17.1. The molecule has 1 aliphatic carbocycles. The molecule has 4 rings (SSSR count). The average Bonchev–Trinajstić information content (AvgIpc) is 3.12. The van der Waals surface area contributed by atoms with Crippen molar-refractivity contribution in [3.8, 4) is 0 Å². The Bertz CT molecular complexity index is 923. The van der Waals surface area contributed by atoms with E-state index >= 15 is 0 Å². The standard InChI is InChI=1S/C20H25N3O2S2/c1-2-10-23-19(25)17-14-8-7-9-15(14)27-18(17)21-20(23)26-13-16(24)22-11-5-3-4-6-12-22/h2H,1,3-13H2. The first-order valence-electron chi connectivity index (χ1n) is 9.75. The van der Waals surface area contributed by atoms with Gasteiger partial charge in [-0.1, -0.05) is 30.7 Å². The summed E-state index contributed by atoms with van der Waals surface area (Å²) in [6, 6.07) is 0. The quantitative estimate of drug-likeness (QED) is 0.435. The summed E-state index contributed by atoms with van der Waals surface area (Å²) in [7, 11) is 0. The van der Waals surface area contributed by atoms with Crippen molar-refractivity contribution < 1.29 is 4.79 Å². The molecule has 1 amide bonds. The molecule has 2 aromatic rings. The molecule has 0 spiro atoms. The van der Waals surface area contributed by atoms with Gasteiger partial charge in [0.05, 0.1) is 11.1 Å². The predicted octanol–water partition coefficient (Wildman–Crippen LogP) is 3.63. The SMILES string of the molecule is C=CCn1c(SCC(=O)N2CCCCCC2)nc2sc3c(c2c1=O)CCC3. The van der Waals surface area contributed by atoms with Gasteiger partial charge in [0, 0.05) is 24.5 Å². The van der Waals surface area contributed by atoms with Crippen molar-refractivity contribution in [3.05, 3.63) is 33.4 Å². The number of aromatic nitrogens is 2. The molecular formula is C20H25N3O2S2. The van der Waals surface area contributed by atoms with Gasteiger partial charge in [0.2, 0.25) is 5.91 Å². The van der Waals surface area contributed by atoms with Crippen LogP contribution in [0.2, 0.25) is 0 Å². The van der Waals surface area contributed by atoms with Gasteiger partial charge < -0.3 is 4.90 Å². The van der Waals surface area contributed by atoms with Gasteiger partial charge in [-0.05, 0) is 37.7 Å². The van der Waals surface area contributed by atoms with Crippen molar-refractivity contribution in [3.63, 3.8) is 0 Å². The van der Waals surface area contributed by atoms with Crippen molar-refractivity contribution in [1.29, 1.82) is 0 Å². The number of aryl methyl sites for hydroxylation is 2. The van der Waals surface area contributed by atoms with Crippen LogP contribution in [-0.2, 0) is 24.2 Å². The van der Waals surface area contributed by atoms with Crippen LogP contribution in [0.5, 0.6) is 0 Å². The van der Waals surface area contributed by atoms with Crippen molar-refractivity contribution in [2.75, 3.05) is 18.8 Å². The largest absolute Gasteiger partial charge is 0.342 e. The minimum Gasteiger partial charge on any atom is -0.342 e. The van der Waals surface area contributed by atoms with E-state index in [0.717, 1.165) is 55.4 Å². The number of rotatable bonds is 5. The van der Waals surface area contributed by atoms with E-state index in [2.05, 4.69) is 6.58 Å². The molecule has 0 aromatic carbocycles. The third-order valence-electron chi connectivity index (χ3n) is 5.39. The van der Waals surface area contributed by atoms with E-state index in [1.807, 2.05) is 4.90 Å². The van der Waals surface area contributed by atoms with E-state index in [1.165, 1.54) is 35.0 Å². The molecule has 0 radical (unpaired) electrons. The summed E-state index contributed by atoms with van der Waals surface area (Å²) in [5.41, 5.74) is 1.21. The number of likely N-dealkylation sites (tertiary alicyclic amines) is 1. The molecule has 1 saturated heterocycles. The zero-order chi connectivity index (χ0) is 18.8. The monoisotopic (exact) mass is 403 g/mol. The van der Waals surface area contributed by atoms with Crippen molar-refractivity contribution >= 4 is 39.2 Å². The summed E-state index contributed by atoms with van der Waals surface area (Å²) in [5, 5.41) is 1.42. The smallest absolute Gasteiger partial charge is 0.263 e. The Kier molecular flexibility index (Phi) is 5.68. The molecular weight excluding hydrogens is 378 g/mol. The Morgan fingerprint density at radius 1 is 1.19 bits per heavy atom. The van der Waals surface area contributed by atoms with Crippen molar-refractivity contribution in [2.45, 2.75) is 56.6 Å². The van der Waals surface area contributed by atoms with Crippen LogP contribution in [0.25, 0.3) is 10.2 Å². The van der Waals surface area contributed by atoms with E-state index in [0.29, 0.717) is 17.5 Å². The van der Waals surface area contributed by atoms with E-state index in [4.69, 9.17) is 4.98 Å². The second-order valence-electron chi connectivity index (χ2n) is 7.22. The van der Waals surface area contributed by atoms with Crippen LogP contribution in [0.1, 0.15) is 42.5 Å². The maximum absolute atomic E-state index is 13.1. The lowest BCUT2D eigenvalue weighted by atomic mass is 10.2. The van der Waals surface area contributed by atoms with E-state index < -0.39 is 0 Å². The number of amides is 1. The highest BCUT2D eigenvalue weighted by Gasteiger charge is 2.24. The van der Waals surface area contributed by atoms with E-state index in [9.17, 15) is 9.59 Å². The predicted molar refractivity (Wildman–Crippen MR) is 112 cm³/mol.